The van der Waals surface area contributed by atoms with Crippen LogP contribution in [-0.4, -0.2) is 22.0 Å². The van der Waals surface area contributed by atoms with E-state index in [2.05, 4.69) is 65.6 Å². The second kappa shape index (κ2) is 6.19. The van der Waals surface area contributed by atoms with E-state index in [-0.39, 0.29) is 0 Å². The minimum absolute atomic E-state index is 0.584. The number of rotatable bonds is 3. The van der Waals surface area contributed by atoms with Crippen LogP contribution >= 0.6 is 23.1 Å². The fourth-order valence-corrected chi connectivity index (χ4v) is 4.35. The summed E-state index contributed by atoms with van der Waals surface area (Å²) in [6.07, 6.45) is 2.59. The maximum absolute atomic E-state index is 4.57. The standard InChI is InChI=1S/C16H20N2S2/c1-11-15(7-4-8-19-11)18-14-6-3-5-13(9-14)16-10-20-12(2)17-16/h3,5-6,9-11,15,18H,4,7-8H2,1-2H3. The highest BCUT2D eigenvalue weighted by molar-refractivity contribution is 8.00. The molecule has 0 bridgehead atoms. The molecule has 2 nitrogen and oxygen atoms in total. The van der Waals surface area contributed by atoms with Gasteiger partial charge in [-0.1, -0.05) is 19.1 Å². The van der Waals surface area contributed by atoms with Gasteiger partial charge in [-0.05, 0) is 37.7 Å². The third kappa shape index (κ3) is 3.18. The van der Waals surface area contributed by atoms with Crippen LogP contribution in [0.5, 0.6) is 0 Å². The maximum atomic E-state index is 4.57. The van der Waals surface area contributed by atoms with Crippen LogP contribution < -0.4 is 5.32 Å². The number of nitrogens with one attached hydrogen (secondary N) is 1. The Balaban J connectivity index is 1.77. The number of hydrogen-bond acceptors (Lipinski definition) is 4. The van der Waals surface area contributed by atoms with Gasteiger partial charge in [0.25, 0.3) is 0 Å². The van der Waals surface area contributed by atoms with Crippen LogP contribution in [0.3, 0.4) is 0 Å². The molecule has 2 aromatic rings. The van der Waals surface area contributed by atoms with Crippen molar-refractivity contribution < 1.29 is 0 Å². The van der Waals surface area contributed by atoms with Crippen molar-refractivity contribution in [3.63, 3.8) is 0 Å². The van der Waals surface area contributed by atoms with E-state index >= 15 is 0 Å². The molecule has 106 valence electrons. The van der Waals surface area contributed by atoms with Crippen molar-refractivity contribution in [1.29, 1.82) is 0 Å². The normalized spacial score (nSPS) is 22.7. The summed E-state index contributed by atoms with van der Waals surface area (Å²) in [6.45, 7) is 4.38. The lowest BCUT2D eigenvalue weighted by atomic mass is 10.1. The van der Waals surface area contributed by atoms with Gasteiger partial charge in [0.1, 0.15) is 0 Å². The first-order valence-electron chi connectivity index (χ1n) is 7.13. The minimum atomic E-state index is 0.584. The van der Waals surface area contributed by atoms with Crippen LogP contribution in [0.15, 0.2) is 29.6 Å². The molecule has 20 heavy (non-hydrogen) atoms. The van der Waals surface area contributed by atoms with Crippen LogP contribution in [0.4, 0.5) is 5.69 Å². The Kier molecular flexibility index (Phi) is 4.32. The lowest BCUT2D eigenvalue weighted by molar-refractivity contribution is 0.617. The topological polar surface area (TPSA) is 24.9 Å². The molecule has 1 N–H and O–H groups in total. The highest BCUT2D eigenvalue weighted by Gasteiger charge is 2.21. The van der Waals surface area contributed by atoms with Crippen LogP contribution in [0.2, 0.25) is 0 Å². The van der Waals surface area contributed by atoms with Gasteiger partial charge in [-0.15, -0.1) is 11.3 Å². The molecule has 0 radical (unpaired) electrons. The Labute approximate surface area is 129 Å². The van der Waals surface area contributed by atoms with E-state index in [1.807, 2.05) is 0 Å². The molecule has 2 heterocycles. The van der Waals surface area contributed by atoms with Gasteiger partial charge in [-0.25, -0.2) is 4.98 Å². The van der Waals surface area contributed by atoms with E-state index < -0.39 is 0 Å². The summed E-state index contributed by atoms with van der Waals surface area (Å²) in [7, 11) is 0. The number of hydrogen-bond donors (Lipinski definition) is 1. The first-order chi connectivity index (χ1) is 9.72. The van der Waals surface area contributed by atoms with Gasteiger partial charge in [0.05, 0.1) is 10.7 Å². The van der Waals surface area contributed by atoms with E-state index in [9.17, 15) is 0 Å². The van der Waals surface area contributed by atoms with E-state index in [0.29, 0.717) is 11.3 Å². The van der Waals surface area contributed by atoms with Gasteiger partial charge in [-0.2, -0.15) is 11.8 Å². The second-order valence-corrected chi connectivity index (χ2v) is 7.85. The lowest BCUT2D eigenvalue weighted by Gasteiger charge is -2.30. The first-order valence-corrected chi connectivity index (χ1v) is 9.06. The predicted molar refractivity (Wildman–Crippen MR) is 90.9 cm³/mol. The zero-order valence-electron chi connectivity index (χ0n) is 11.9. The number of nitrogens with zero attached hydrogens (tertiary/aromatic N) is 1. The molecule has 4 heteroatoms. The average molecular weight is 304 g/mol. The zero-order chi connectivity index (χ0) is 13.9. The number of aromatic nitrogens is 1. The Morgan fingerprint density at radius 3 is 3.00 bits per heavy atom. The molecule has 2 unspecified atom stereocenters. The Hall–Kier alpha value is -1.00. The number of thiazole rings is 1. The molecule has 1 aromatic carbocycles. The summed E-state index contributed by atoms with van der Waals surface area (Å²) in [6, 6.07) is 9.22. The zero-order valence-corrected chi connectivity index (χ0v) is 13.6. The van der Waals surface area contributed by atoms with Gasteiger partial charge in [0.2, 0.25) is 0 Å². The number of anilines is 1. The highest BCUT2D eigenvalue weighted by Crippen LogP contribution is 2.29. The Morgan fingerprint density at radius 1 is 1.35 bits per heavy atom. The van der Waals surface area contributed by atoms with E-state index in [4.69, 9.17) is 0 Å². The molecule has 1 fully saturated rings. The molecule has 1 aromatic heterocycles. The molecule has 0 saturated carbocycles. The average Bonchev–Trinajstić information content (AvgIpc) is 2.89. The van der Waals surface area contributed by atoms with Crippen molar-refractivity contribution in [2.75, 3.05) is 11.1 Å². The van der Waals surface area contributed by atoms with Gasteiger partial charge in [-0.3, -0.25) is 0 Å². The summed E-state index contributed by atoms with van der Waals surface area (Å²) in [4.78, 5) is 4.57. The third-order valence-corrected chi connectivity index (χ3v) is 5.89. The monoisotopic (exact) mass is 304 g/mol. The summed E-state index contributed by atoms with van der Waals surface area (Å²) < 4.78 is 0. The molecule has 0 amide bonds. The van der Waals surface area contributed by atoms with Crippen LogP contribution in [-0.2, 0) is 0 Å². The molecule has 1 aliphatic rings. The number of thioether (sulfide) groups is 1. The summed E-state index contributed by atoms with van der Waals surface area (Å²) in [5.41, 5.74) is 3.50. The van der Waals surface area contributed by atoms with Crippen LogP contribution in [0.1, 0.15) is 24.8 Å². The van der Waals surface area contributed by atoms with Crippen molar-refractivity contribution in [2.24, 2.45) is 0 Å². The second-order valence-electron chi connectivity index (χ2n) is 5.30. The molecular formula is C16H20N2S2. The summed E-state index contributed by atoms with van der Waals surface area (Å²) in [5.74, 6) is 1.30. The molecule has 0 aliphatic carbocycles. The number of benzene rings is 1. The summed E-state index contributed by atoms with van der Waals surface area (Å²) in [5, 5.41) is 7.64. The van der Waals surface area contributed by atoms with Gasteiger partial charge in [0, 0.05) is 27.9 Å². The third-order valence-electron chi connectivity index (χ3n) is 3.74. The van der Waals surface area contributed by atoms with Crippen molar-refractivity contribution in [1.82, 2.24) is 4.98 Å². The molecule has 1 aliphatic heterocycles. The Morgan fingerprint density at radius 2 is 2.25 bits per heavy atom. The lowest BCUT2D eigenvalue weighted by Crippen LogP contribution is -2.32. The fraction of sp³-hybridized carbons (Fsp3) is 0.438. The van der Waals surface area contributed by atoms with Gasteiger partial charge in [0.15, 0.2) is 0 Å². The predicted octanol–water partition coefficient (Wildman–Crippen LogP) is 4.81. The van der Waals surface area contributed by atoms with Crippen LogP contribution in [0, 0.1) is 6.92 Å². The first kappa shape index (κ1) is 14.0. The molecule has 0 spiro atoms. The summed E-state index contributed by atoms with van der Waals surface area (Å²) >= 11 is 3.78. The molecule has 1 saturated heterocycles. The maximum Gasteiger partial charge on any atom is 0.0901 e. The van der Waals surface area contributed by atoms with Crippen LogP contribution in [0.25, 0.3) is 11.3 Å². The largest absolute Gasteiger partial charge is 0.381 e. The SMILES string of the molecule is Cc1nc(-c2cccc(NC3CCCSC3C)c2)cs1. The quantitative estimate of drug-likeness (QED) is 0.880. The van der Waals surface area contributed by atoms with Crippen molar-refractivity contribution >= 4 is 28.8 Å². The smallest absolute Gasteiger partial charge is 0.0901 e. The molecule has 3 rings (SSSR count). The van der Waals surface area contributed by atoms with Crippen molar-refractivity contribution in [3.05, 3.63) is 34.7 Å². The van der Waals surface area contributed by atoms with Crippen molar-refractivity contribution in [2.45, 2.75) is 38.0 Å². The van der Waals surface area contributed by atoms with Crippen molar-refractivity contribution in [3.8, 4) is 11.3 Å². The molecule has 2 atom stereocenters. The number of aryl methyl sites for hydroxylation is 1. The van der Waals surface area contributed by atoms with E-state index in [1.165, 1.54) is 29.8 Å². The molecular weight excluding hydrogens is 284 g/mol. The fourth-order valence-electron chi connectivity index (χ4n) is 2.59. The van der Waals surface area contributed by atoms with E-state index in [0.717, 1.165) is 10.7 Å². The van der Waals surface area contributed by atoms with Gasteiger partial charge >= 0.3 is 0 Å². The minimum Gasteiger partial charge on any atom is -0.381 e. The van der Waals surface area contributed by atoms with E-state index in [1.54, 1.807) is 11.3 Å². The van der Waals surface area contributed by atoms with Gasteiger partial charge < -0.3 is 5.32 Å². The highest BCUT2D eigenvalue weighted by atomic mass is 32.2. The Bertz CT molecular complexity index is 579.